The van der Waals surface area contributed by atoms with E-state index >= 15 is 0 Å². The molecule has 2 aromatic heterocycles. The number of benzene rings is 6. The maximum atomic E-state index is 5.22. The van der Waals surface area contributed by atoms with Gasteiger partial charge in [-0.2, -0.15) is 0 Å². The molecule has 0 N–H and O–H groups in total. The number of pyridine rings is 1. The molecule has 2 aliphatic rings. The lowest BCUT2D eigenvalue weighted by Crippen LogP contribution is -2.28. The largest absolute Gasteiger partial charge is 0.256 e. The smallest absolute Gasteiger partial charge is 0.164 e. The van der Waals surface area contributed by atoms with E-state index in [0.717, 1.165) is 56.5 Å². The Morgan fingerprint density at radius 1 is 0.500 bits per heavy atom. The molecule has 6 aromatic carbocycles. The predicted octanol–water partition coefficient (Wildman–Crippen LogP) is 14.1. The molecule has 288 valence electrons. The lowest BCUT2D eigenvalue weighted by atomic mass is 9.69. The highest BCUT2D eigenvalue weighted by molar-refractivity contribution is 8.03. The van der Waals surface area contributed by atoms with Crippen molar-refractivity contribution >= 4 is 22.7 Å². The summed E-state index contributed by atoms with van der Waals surface area (Å²) in [6.07, 6.45) is 16.3. The van der Waals surface area contributed by atoms with Crippen LogP contribution >= 0.6 is 11.8 Å². The van der Waals surface area contributed by atoms with Crippen molar-refractivity contribution in [2.24, 2.45) is 0 Å². The molecule has 0 radical (unpaired) electrons. The van der Waals surface area contributed by atoms with Gasteiger partial charge in [0.25, 0.3) is 0 Å². The van der Waals surface area contributed by atoms with Crippen LogP contribution in [0.5, 0.6) is 0 Å². The first-order chi connectivity index (χ1) is 29.6. The van der Waals surface area contributed by atoms with E-state index in [0.29, 0.717) is 17.5 Å². The van der Waals surface area contributed by atoms with Gasteiger partial charge in [0.2, 0.25) is 0 Å². The van der Waals surface area contributed by atoms with Gasteiger partial charge in [0.15, 0.2) is 17.5 Å². The Labute approximate surface area is 355 Å². The van der Waals surface area contributed by atoms with Gasteiger partial charge < -0.3 is 0 Å². The summed E-state index contributed by atoms with van der Waals surface area (Å²) in [6.45, 7) is 4.36. The normalized spacial score (nSPS) is 18.4. The van der Waals surface area contributed by atoms with Gasteiger partial charge in [0.05, 0.1) is 10.9 Å². The van der Waals surface area contributed by atoms with E-state index in [1.165, 1.54) is 38.3 Å². The second-order valence-electron chi connectivity index (χ2n) is 15.1. The van der Waals surface area contributed by atoms with Crippen molar-refractivity contribution in [2.45, 2.75) is 25.7 Å². The fraction of sp³-hybridized carbons (Fsp3) is 0.0909. The summed E-state index contributed by atoms with van der Waals surface area (Å²) in [5, 5.41) is 1.13. The van der Waals surface area contributed by atoms with Gasteiger partial charge in [-0.15, -0.1) is 11.8 Å². The molecule has 0 amide bonds. The van der Waals surface area contributed by atoms with Crippen molar-refractivity contribution in [3.05, 3.63) is 216 Å². The molecule has 1 unspecified atom stereocenters. The van der Waals surface area contributed by atoms with Crippen LogP contribution in [0.2, 0.25) is 0 Å². The van der Waals surface area contributed by atoms with Crippen LogP contribution in [0, 0.1) is 0 Å². The standard InChI is InChI=1S/C55H42N4S/c1-3-47-50(4-2)60-34-14-6-5-13-32-55(47)48-30-28-42(44-23-15-21-39-22-16-33-56-51(39)44)35-45(48)46-36-43(29-31-49(46)55)54-58-52(40-19-11-8-12-20-40)57-53(59-54)41-26-24-38(25-27-41)37-17-9-7-10-18-37/h3-31,33,35-36H,32,34H2,1-2H3/b13-5-,14-6-,47-3?,50-4+. The Morgan fingerprint density at radius 2 is 1.07 bits per heavy atom. The number of aromatic nitrogens is 4. The van der Waals surface area contributed by atoms with Gasteiger partial charge >= 0.3 is 0 Å². The first kappa shape index (κ1) is 37.3. The zero-order valence-electron chi connectivity index (χ0n) is 33.6. The fourth-order valence-electron chi connectivity index (χ4n) is 8.99. The third kappa shape index (κ3) is 6.61. The monoisotopic (exact) mass is 790 g/mol. The molecule has 1 aliphatic heterocycles. The van der Waals surface area contributed by atoms with Gasteiger partial charge in [-0.3, -0.25) is 4.98 Å². The fourth-order valence-corrected chi connectivity index (χ4v) is 9.99. The van der Waals surface area contributed by atoms with Crippen molar-refractivity contribution in [1.29, 1.82) is 0 Å². The third-order valence-corrected chi connectivity index (χ3v) is 12.9. The zero-order valence-corrected chi connectivity index (χ0v) is 34.4. The van der Waals surface area contributed by atoms with E-state index in [1.54, 1.807) is 0 Å². The molecule has 1 atom stereocenters. The van der Waals surface area contributed by atoms with E-state index in [4.69, 9.17) is 19.9 Å². The van der Waals surface area contributed by atoms with Crippen molar-refractivity contribution in [3.8, 4) is 67.5 Å². The van der Waals surface area contributed by atoms with Crippen LogP contribution in [-0.4, -0.2) is 25.7 Å². The Kier molecular flexibility index (Phi) is 9.96. The number of fused-ring (bicyclic) bond motifs is 6. The van der Waals surface area contributed by atoms with E-state index in [1.807, 2.05) is 48.3 Å². The van der Waals surface area contributed by atoms with Crippen molar-refractivity contribution in [2.75, 3.05) is 5.75 Å². The highest BCUT2D eigenvalue weighted by Gasteiger charge is 2.46. The van der Waals surface area contributed by atoms with Crippen LogP contribution in [0.4, 0.5) is 0 Å². The van der Waals surface area contributed by atoms with Crippen molar-refractivity contribution < 1.29 is 0 Å². The molecule has 0 fully saturated rings. The minimum Gasteiger partial charge on any atom is -0.256 e. The summed E-state index contributed by atoms with van der Waals surface area (Å²) in [7, 11) is 0. The highest BCUT2D eigenvalue weighted by Crippen LogP contribution is 2.58. The number of allylic oxidation sites excluding steroid dienone is 6. The predicted molar refractivity (Wildman–Crippen MR) is 251 cm³/mol. The summed E-state index contributed by atoms with van der Waals surface area (Å²) in [5.41, 5.74) is 14.3. The molecule has 1 aliphatic carbocycles. The Morgan fingerprint density at radius 3 is 1.77 bits per heavy atom. The van der Waals surface area contributed by atoms with E-state index in [9.17, 15) is 0 Å². The molecule has 3 heterocycles. The van der Waals surface area contributed by atoms with Crippen LogP contribution in [0.15, 0.2) is 205 Å². The molecule has 60 heavy (non-hydrogen) atoms. The molecule has 8 aromatic rings. The van der Waals surface area contributed by atoms with Crippen LogP contribution < -0.4 is 0 Å². The molecule has 0 bridgehead atoms. The number of hydrogen-bond donors (Lipinski definition) is 0. The second-order valence-corrected chi connectivity index (χ2v) is 16.2. The topological polar surface area (TPSA) is 51.6 Å². The quantitative estimate of drug-likeness (QED) is 0.174. The maximum absolute atomic E-state index is 5.22. The van der Waals surface area contributed by atoms with E-state index < -0.39 is 5.41 Å². The Hall–Kier alpha value is -6.95. The summed E-state index contributed by atoms with van der Waals surface area (Å²) in [5.74, 6) is 2.82. The number of thioether (sulfide) groups is 1. The third-order valence-electron chi connectivity index (χ3n) is 11.8. The van der Waals surface area contributed by atoms with Crippen LogP contribution in [0.1, 0.15) is 31.4 Å². The van der Waals surface area contributed by atoms with Gasteiger partial charge in [0, 0.05) is 44.5 Å². The summed E-state index contributed by atoms with van der Waals surface area (Å²) >= 11 is 1.90. The maximum Gasteiger partial charge on any atom is 0.164 e. The first-order valence-corrected chi connectivity index (χ1v) is 21.5. The number of hydrogen-bond acceptors (Lipinski definition) is 5. The molecule has 1 spiro atoms. The van der Waals surface area contributed by atoms with Gasteiger partial charge in [0.1, 0.15) is 0 Å². The lowest BCUT2D eigenvalue weighted by Gasteiger charge is -2.36. The van der Waals surface area contributed by atoms with Crippen LogP contribution in [0.25, 0.3) is 78.4 Å². The van der Waals surface area contributed by atoms with Crippen molar-refractivity contribution in [1.82, 2.24) is 19.9 Å². The molecule has 0 saturated heterocycles. The molecule has 0 saturated carbocycles. The SMILES string of the molecule is CC=C1/C(=C\C)SC/C=C\C=C/CC12c1ccc(-c3nc(-c4ccccc4)nc(-c4ccc(-c5ccccc5)cc4)n3)cc1-c1cc(-c3cccc4cccnc34)ccc12. The molecular formula is C55H42N4S. The molecule has 10 rings (SSSR count). The molecule has 4 nitrogen and oxygen atoms in total. The number of nitrogens with zero attached hydrogens (tertiary/aromatic N) is 4. The van der Waals surface area contributed by atoms with Gasteiger partial charge in [-0.1, -0.05) is 170 Å². The van der Waals surface area contributed by atoms with Crippen LogP contribution in [-0.2, 0) is 5.41 Å². The Balaban J connectivity index is 1.18. The number of rotatable bonds is 5. The average Bonchev–Trinajstić information content (AvgIpc) is 3.59. The highest BCUT2D eigenvalue weighted by atomic mass is 32.2. The van der Waals surface area contributed by atoms with Gasteiger partial charge in [-0.05, 0) is 83.0 Å². The number of para-hydroxylation sites is 1. The molecule has 5 heteroatoms. The summed E-state index contributed by atoms with van der Waals surface area (Å²) < 4.78 is 0. The first-order valence-electron chi connectivity index (χ1n) is 20.5. The lowest BCUT2D eigenvalue weighted by molar-refractivity contribution is 0.640. The van der Waals surface area contributed by atoms with Crippen molar-refractivity contribution in [3.63, 3.8) is 0 Å². The van der Waals surface area contributed by atoms with E-state index in [2.05, 4.69) is 172 Å². The zero-order chi connectivity index (χ0) is 40.5. The minimum absolute atomic E-state index is 0.413. The van der Waals surface area contributed by atoms with E-state index in [-0.39, 0.29) is 0 Å². The second kappa shape index (κ2) is 16.0. The minimum atomic E-state index is -0.413. The Bertz CT molecular complexity index is 3010. The average molecular weight is 791 g/mol. The van der Waals surface area contributed by atoms with Gasteiger partial charge in [-0.25, -0.2) is 15.0 Å². The van der Waals surface area contributed by atoms with Crippen LogP contribution in [0.3, 0.4) is 0 Å². The summed E-state index contributed by atoms with van der Waals surface area (Å²) in [4.78, 5) is 21.6. The summed E-state index contributed by atoms with van der Waals surface area (Å²) in [6, 6.07) is 53.7. The molecular weight excluding hydrogens is 749 g/mol.